The van der Waals surface area contributed by atoms with Gasteiger partial charge in [-0.3, -0.25) is 4.98 Å². The van der Waals surface area contributed by atoms with Crippen LogP contribution in [0.2, 0.25) is 0 Å². The third-order valence-electron chi connectivity index (χ3n) is 3.40. The quantitative estimate of drug-likeness (QED) is 0.720. The number of piperidine rings is 1. The Morgan fingerprint density at radius 1 is 1.33 bits per heavy atom. The van der Waals surface area contributed by atoms with Gasteiger partial charge in [-0.05, 0) is 25.0 Å². The number of hydrogen-bond acceptors (Lipinski definition) is 4. The molecule has 1 aromatic heterocycles. The van der Waals surface area contributed by atoms with Crippen LogP contribution in [0.3, 0.4) is 0 Å². The Labute approximate surface area is 109 Å². The van der Waals surface area contributed by atoms with E-state index in [1.807, 2.05) is 18.2 Å². The van der Waals surface area contributed by atoms with Gasteiger partial charge in [0.25, 0.3) is 0 Å². The van der Waals surface area contributed by atoms with Crippen molar-refractivity contribution in [2.75, 3.05) is 33.4 Å². The van der Waals surface area contributed by atoms with Crippen LogP contribution in [-0.4, -0.2) is 49.3 Å². The second-order valence-corrected chi connectivity index (χ2v) is 4.65. The number of hydrogen-bond donors (Lipinski definition) is 0. The van der Waals surface area contributed by atoms with E-state index in [0.29, 0.717) is 12.7 Å². The highest BCUT2D eigenvalue weighted by Crippen LogP contribution is 2.12. The minimum absolute atomic E-state index is 0.454. The van der Waals surface area contributed by atoms with Gasteiger partial charge in [-0.1, -0.05) is 6.07 Å². The molecule has 0 aliphatic carbocycles. The lowest BCUT2D eigenvalue weighted by Gasteiger charge is -2.30. The summed E-state index contributed by atoms with van der Waals surface area (Å²) in [7, 11) is 1.80. The second kappa shape index (κ2) is 7.46. The highest BCUT2D eigenvalue weighted by molar-refractivity contribution is 5.01. The zero-order valence-corrected chi connectivity index (χ0v) is 11.0. The predicted molar refractivity (Wildman–Crippen MR) is 70.4 cm³/mol. The van der Waals surface area contributed by atoms with Crippen LogP contribution in [0.25, 0.3) is 0 Å². The minimum atomic E-state index is 0.454. The fourth-order valence-electron chi connectivity index (χ4n) is 2.22. The van der Waals surface area contributed by atoms with Gasteiger partial charge < -0.3 is 14.4 Å². The monoisotopic (exact) mass is 250 g/mol. The van der Waals surface area contributed by atoms with E-state index in [-0.39, 0.29) is 0 Å². The van der Waals surface area contributed by atoms with E-state index >= 15 is 0 Å². The topological polar surface area (TPSA) is 34.6 Å². The molecular weight excluding hydrogens is 228 g/mol. The number of rotatable bonds is 6. The number of aromatic nitrogens is 1. The van der Waals surface area contributed by atoms with E-state index in [0.717, 1.165) is 44.8 Å². The molecular formula is C14H22N2O2. The maximum absolute atomic E-state index is 5.64. The van der Waals surface area contributed by atoms with Crippen molar-refractivity contribution in [1.82, 2.24) is 9.88 Å². The highest BCUT2D eigenvalue weighted by atomic mass is 16.5. The van der Waals surface area contributed by atoms with Crippen molar-refractivity contribution < 1.29 is 9.47 Å². The Morgan fingerprint density at radius 2 is 2.17 bits per heavy atom. The van der Waals surface area contributed by atoms with Gasteiger partial charge in [-0.15, -0.1) is 0 Å². The van der Waals surface area contributed by atoms with Crippen molar-refractivity contribution in [1.29, 1.82) is 0 Å². The molecule has 4 heteroatoms. The highest BCUT2D eigenvalue weighted by Gasteiger charge is 2.17. The van der Waals surface area contributed by atoms with Crippen LogP contribution in [0.15, 0.2) is 24.4 Å². The van der Waals surface area contributed by atoms with Crippen molar-refractivity contribution in [2.45, 2.75) is 25.6 Å². The fourth-order valence-corrected chi connectivity index (χ4v) is 2.22. The summed E-state index contributed by atoms with van der Waals surface area (Å²) in [6.45, 7) is 4.61. The van der Waals surface area contributed by atoms with E-state index in [9.17, 15) is 0 Å². The normalized spacial score (nSPS) is 18.1. The lowest BCUT2D eigenvalue weighted by Crippen LogP contribution is -2.38. The van der Waals surface area contributed by atoms with Crippen LogP contribution in [0.1, 0.15) is 18.5 Å². The molecule has 0 radical (unpaired) electrons. The van der Waals surface area contributed by atoms with Gasteiger partial charge in [0.05, 0.1) is 25.0 Å². The summed E-state index contributed by atoms with van der Waals surface area (Å²) >= 11 is 0. The number of ether oxygens (including phenoxy) is 2. The zero-order valence-electron chi connectivity index (χ0n) is 11.0. The fraction of sp³-hybridized carbons (Fsp3) is 0.643. The molecule has 18 heavy (non-hydrogen) atoms. The summed E-state index contributed by atoms with van der Waals surface area (Å²) in [5.74, 6) is 0. The average Bonchev–Trinajstić information content (AvgIpc) is 2.45. The summed E-state index contributed by atoms with van der Waals surface area (Å²) in [4.78, 5) is 6.67. The Balaban J connectivity index is 1.56. The van der Waals surface area contributed by atoms with Crippen LogP contribution in [0.5, 0.6) is 0 Å². The molecule has 2 heterocycles. The van der Waals surface area contributed by atoms with Gasteiger partial charge in [0.2, 0.25) is 0 Å². The molecule has 1 fully saturated rings. The molecule has 100 valence electrons. The molecule has 1 aliphatic heterocycles. The van der Waals surface area contributed by atoms with Crippen molar-refractivity contribution >= 4 is 0 Å². The van der Waals surface area contributed by atoms with Gasteiger partial charge in [-0.25, -0.2) is 0 Å². The molecule has 1 aromatic rings. The molecule has 0 saturated carbocycles. The summed E-state index contributed by atoms with van der Waals surface area (Å²) in [6, 6.07) is 5.90. The van der Waals surface area contributed by atoms with Gasteiger partial charge in [0.1, 0.15) is 0 Å². The summed E-state index contributed by atoms with van der Waals surface area (Å²) in [5.41, 5.74) is 0.996. The molecule has 2 rings (SSSR count). The zero-order chi connectivity index (χ0) is 12.6. The standard InChI is InChI=1S/C14H22N2O2/c1-17-14-5-8-16(9-6-14)10-11-18-12-13-4-2-3-7-15-13/h2-4,7,14H,5-6,8-12H2,1H3. The second-order valence-electron chi connectivity index (χ2n) is 4.65. The van der Waals surface area contributed by atoms with E-state index in [2.05, 4.69) is 9.88 Å². The molecule has 0 bridgehead atoms. The van der Waals surface area contributed by atoms with Crippen LogP contribution in [0.4, 0.5) is 0 Å². The van der Waals surface area contributed by atoms with Gasteiger partial charge in [0, 0.05) is 32.9 Å². The first-order chi connectivity index (χ1) is 8.88. The Hall–Kier alpha value is -0.970. The molecule has 0 spiro atoms. The Morgan fingerprint density at radius 3 is 2.83 bits per heavy atom. The van der Waals surface area contributed by atoms with Crippen molar-refractivity contribution in [2.24, 2.45) is 0 Å². The van der Waals surface area contributed by atoms with E-state index in [4.69, 9.17) is 9.47 Å². The maximum Gasteiger partial charge on any atom is 0.0888 e. The molecule has 0 atom stereocenters. The Kier molecular flexibility index (Phi) is 5.58. The molecule has 0 N–H and O–H groups in total. The molecule has 0 amide bonds. The largest absolute Gasteiger partial charge is 0.381 e. The van der Waals surface area contributed by atoms with Crippen molar-refractivity contribution in [3.8, 4) is 0 Å². The summed E-state index contributed by atoms with van der Waals surface area (Å²) in [6.07, 6.45) is 4.53. The first-order valence-electron chi connectivity index (χ1n) is 6.61. The smallest absolute Gasteiger partial charge is 0.0888 e. The molecule has 1 saturated heterocycles. The average molecular weight is 250 g/mol. The van der Waals surface area contributed by atoms with Crippen LogP contribution < -0.4 is 0 Å². The third kappa shape index (κ3) is 4.37. The molecule has 0 aromatic carbocycles. The van der Waals surface area contributed by atoms with E-state index in [1.165, 1.54) is 0 Å². The minimum Gasteiger partial charge on any atom is -0.381 e. The van der Waals surface area contributed by atoms with Gasteiger partial charge >= 0.3 is 0 Å². The van der Waals surface area contributed by atoms with Crippen LogP contribution in [-0.2, 0) is 16.1 Å². The summed E-state index contributed by atoms with van der Waals surface area (Å²) in [5, 5.41) is 0. The van der Waals surface area contributed by atoms with Crippen LogP contribution in [0, 0.1) is 0 Å². The van der Waals surface area contributed by atoms with Gasteiger partial charge in [-0.2, -0.15) is 0 Å². The molecule has 4 nitrogen and oxygen atoms in total. The first kappa shape index (κ1) is 13.5. The first-order valence-corrected chi connectivity index (χ1v) is 6.61. The maximum atomic E-state index is 5.64. The predicted octanol–water partition coefficient (Wildman–Crippen LogP) is 1.71. The third-order valence-corrected chi connectivity index (χ3v) is 3.40. The Bertz CT molecular complexity index is 324. The van der Waals surface area contributed by atoms with E-state index in [1.54, 1.807) is 13.3 Å². The number of nitrogens with zero attached hydrogens (tertiary/aromatic N) is 2. The number of pyridine rings is 1. The molecule has 1 aliphatic rings. The van der Waals surface area contributed by atoms with Crippen molar-refractivity contribution in [3.05, 3.63) is 30.1 Å². The molecule has 0 unspecified atom stereocenters. The van der Waals surface area contributed by atoms with E-state index < -0.39 is 0 Å². The van der Waals surface area contributed by atoms with Crippen molar-refractivity contribution in [3.63, 3.8) is 0 Å². The lowest BCUT2D eigenvalue weighted by molar-refractivity contribution is 0.0264. The lowest BCUT2D eigenvalue weighted by atomic mass is 10.1. The number of likely N-dealkylation sites (tertiary alicyclic amines) is 1. The summed E-state index contributed by atoms with van der Waals surface area (Å²) < 4.78 is 11.0. The SMILES string of the molecule is COC1CCN(CCOCc2ccccn2)CC1. The van der Waals surface area contributed by atoms with Gasteiger partial charge in [0.15, 0.2) is 0 Å². The van der Waals surface area contributed by atoms with Crippen LogP contribution >= 0.6 is 0 Å². The number of methoxy groups -OCH3 is 1.